The average molecular weight is 427 g/mol. The number of amides is 1. The van der Waals surface area contributed by atoms with E-state index in [2.05, 4.69) is 0 Å². The van der Waals surface area contributed by atoms with Crippen molar-refractivity contribution in [3.05, 3.63) is 83.2 Å². The lowest BCUT2D eigenvalue weighted by molar-refractivity contribution is -0.122. The van der Waals surface area contributed by atoms with Gasteiger partial charge >= 0.3 is 0 Å². The first-order valence-electron chi connectivity index (χ1n) is 9.51. The monoisotopic (exact) mass is 426 g/mol. The highest BCUT2D eigenvalue weighted by atomic mass is 32.2. The third-order valence-electron chi connectivity index (χ3n) is 5.20. The van der Waals surface area contributed by atoms with Crippen LogP contribution in [0.2, 0.25) is 0 Å². The second-order valence-corrected chi connectivity index (χ2v) is 9.95. The first-order chi connectivity index (χ1) is 14.0. The van der Waals surface area contributed by atoms with E-state index in [9.17, 15) is 13.2 Å². The van der Waals surface area contributed by atoms with Crippen LogP contribution >= 0.6 is 11.3 Å². The molecule has 0 radical (unpaired) electrons. The summed E-state index contributed by atoms with van der Waals surface area (Å²) in [7, 11) is -3.78. The first-order valence-corrected chi connectivity index (χ1v) is 11.8. The summed E-state index contributed by atoms with van der Waals surface area (Å²) < 4.78 is 28.4. The van der Waals surface area contributed by atoms with Crippen molar-refractivity contribution >= 4 is 33.0 Å². The molecule has 5 nitrogen and oxygen atoms in total. The molecule has 0 aliphatic carbocycles. The number of carbonyl (C=O) groups is 1. The maximum atomic E-state index is 13.6. The van der Waals surface area contributed by atoms with Crippen LogP contribution in [-0.4, -0.2) is 31.2 Å². The van der Waals surface area contributed by atoms with Crippen LogP contribution in [0.15, 0.2) is 76.3 Å². The number of nitrogens with zero attached hydrogens (tertiary/aromatic N) is 2. The number of carbonyl (C=O) groups excluding carboxylic acids is 1. The molecule has 0 bridgehead atoms. The fourth-order valence-electron chi connectivity index (χ4n) is 3.74. The van der Waals surface area contributed by atoms with Gasteiger partial charge in [0.25, 0.3) is 10.0 Å². The van der Waals surface area contributed by atoms with Gasteiger partial charge in [0.1, 0.15) is 10.3 Å². The van der Waals surface area contributed by atoms with Crippen LogP contribution in [0.1, 0.15) is 18.1 Å². The van der Waals surface area contributed by atoms with Crippen LogP contribution in [0, 0.1) is 0 Å². The summed E-state index contributed by atoms with van der Waals surface area (Å²) in [6, 6.07) is 19.7. The molecular weight excluding hydrogens is 404 g/mol. The Hall–Kier alpha value is -2.48. The Kier molecular flexibility index (Phi) is 5.54. The second-order valence-electron chi connectivity index (χ2n) is 6.89. The largest absolute Gasteiger partial charge is 0.311 e. The minimum absolute atomic E-state index is 0.194. The molecule has 2 heterocycles. The van der Waals surface area contributed by atoms with E-state index in [0.29, 0.717) is 13.0 Å². The van der Waals surface area contributed by atoms with Gasteiger partial charge in [0, 0.05) is 18.8 Å². The molecule has 150 valence electrons. The molecule has 1 atom stereocenters. The molecule has 0 spiro atoms. The molecule has 2 aromatic carbocycles. The van der Waals surface area contributed by atoms with Gasteiger partial charge < -0.3 is 4.90 Å². The van der Waals surface area contributed by atoms with Crippen LogP contribution in [0.25, 0.3) is 0 Å². The van der Waals surface area contributed by atoms with Gasteiger partial charge in [0.15, 0.2) is 0 Å². The van der Waals surface area contributed by atoms with Gasteiger partial charge in [-0.05, 0) is 48.1 Å². The van der Waals surface area contributed by atoms with Crippen LogP contribution in [0.3, 0.4) is 0 Å². The molecule has 1 unspecified atom stereocenters. The molecule has 1 amide bonds. The molecule has 4 rings (SSSR count). The number of fused-ring (bicyclic) bond motifs is 1. The van der Waals surface area contributed by atoms with Crippen molar-refractivity contribution in [2.45, 2.75) is 30.1 Å². The predicted molar refractivity (Wildman–Crippen MR) is 115 cm³/mol. The van der Waals surface area contributed by atoms with E-state index in [0.717, 1.165) is 16.8 Å². The van der Waals surface area contributed by atoms with Gasteiger partial charge in [-0.3, -0.25) is 4.79 Å². The van der Waals surface area contributed by atoms with Crippen molar-refractivity contribution in [1.29, 1.82) is 0 Å². The zero-order valence-corrected chi connectivity index (χ0v) is 17.7. The molecule has 1 aliphatic heterocycles. The lowest BCUT2D eigenvalue weighted by Crippen LogP contribution is -2.53. The van der Waals surface area contributed by atoms with Gasteiger partial charge in [-0.2, -0.15) is 4.31 Å². The number of hydrogen-bond donors (Lipinski definition) is 0. The normalized spacial score (nSPS) is 16.9. The number of sulfonamides is 1. The Labute approximate surface area is 175 Å². The summed E-state index contributed by atoms with van der Waals surface area (Å²) in [4.78, 5) is 15.3. The van der Waals surface area contributed by atoms with Gasteiger partial charge in [-0.25, -0.2) is 8.42 Å². The number of benzene rings is 2. The maximum Gasteiger partial charge on any atom is 0.253 e. The third-order valence-corrected chi connectivity index (χ3v) is 8.43. The summed E-state index contributed by atoms with van der Waals surface area (Å²) in [5.41, 5.74) is 2.74. The van der Waals surface area contributed by atoms with E-state index in [1.807, 2.05) is 61.5 Å². The molecule has 0 fully saturated rings. The van der Waals surface area contributed by atoms with Crippen LogP contribution in [-0.2, 0) is 27.8 Å². The fraction of sp³-hybridized carbons (Fsp3) is 0.227. The van der Waals surface area contributed by atoms with E-state index in [4.69, 9.17) is 0 Å². The maximum absolute atomic E-state index is 13.6. The Morgan fingerprint density at radius 2 is 1.72 bits per heavy atom. The number of para-hydroxylation sites is 1. The van der Waals surface area contributed by atoms with E-state index in [-0.39, 0.29) is 16.7 Å². The number of hydrogen-bond acceptors (Lipinski definition) is 4. The Bertz CT molecular complexity index is 1100. The van der Waals surface area contributed by atoms with E-state index in [1.54, 1.807) is 22.4 Å². The zero-order valence-electron chi connectivity index (χ0n) is 16.1. The molecule has 0 saturated carbocycles. The minimum atomic E-state index is -3.78. The molecule has 1 aliphatic rings. The van der Waals surface area contributed by atoms with E-state index < -0.39 is 16.1 Å². The summed E-state index contributed by atoms with van der Waals surface area (Å²) >= 11 is 1.17. The molecule has 3 aromatic rings. The number of likely N-dealkylation sites (N-methyl/N-ethyl adjacent to an activating group) is 1. The van der Waals surface area contributed by atoms with E-state index in [1.165, 1.54) is 15.6 Å². The van der Waals surface area contributed by atoms with Crippen molar-refractivity contribution < 1.29 is 13.2 Å². The lowest BCUT2D eigenvalue weighted by atomic mass is 9.95. The standard InChI is InChI=1S/C22H22N2O3S2/c1-2-23(19-11-4-3-5-12-19)22(25)20-15-17-9-6-7-10-18(17)16-24(20)29(26,27)21-13-8-14-28-21/h3-14,20H,2,15-16H2,1H3. The van der Waals surface area contributed by atoms with Gasteiger partial charge in [-0.15, -0.1) is 11.3 Å². The molecule has 7 heteroatoms. The molecule has 29 heavy (non-hydrogen) atoms. The quantitative estimate of drug-likeness (QED) is 0.621. The Morgan fingerprint density at radius 1 is 1.03 bits per heavy atom. The molecule has 1 aromatic heterocycles. The minimum Gasteiger partial charge on any atom is -0.311 e. The van der Waals surface area contributed by atoms with Crippen molar-refractivity contribution in [3.63, 3.8) is 0 Å². The Morgan fingerprint density at radius 3 is 2.38 bits per heavy atom. The highest BCUT2D eigenvalue weighted by Gasteiger charge is 2.41. The predicted octanol–water partition coefficient (Wildman–Crippen LogP) is 3.92. The zero-order chi connectivity index (χ0) is 20.4. The summed E-state index contributed by atoms with van der Waals surface area (Å²) in [5, 5.41) is 1.74. The summed E-state index contributed by atoms with van der Waals surface area (Å²) in [5.74, 6) is -0.201. The second kappa shape index (κ2) is 8.10. The van der Waals surface area contributed by atoms with Gasteiger partial charge in [-0.1, -0.05) is 48.5 Å². The molecule has 0 saturated heterocycles. The highest BCUT2D eigenvalue weighted by Crippen LogP contribution is 2.32. The van der Waals surface area contributed by atoms with Crippen molar-refractivity contribution in [1.82, 2.24) is 4.31 Å². The highest BCUT2D eigenvalue weighted by molar-refractivity contribution is 7.91. The summed E-state index contributed by atoms with van der Waals surface area (Å²) in [6.07, 6.45) is 0.364. The molecular formula is C22H22N2O3S2. The third kappa shape index (κ3) is 3.73. The number of rotatable bonds is 5. The number of anilines is 1. The molecule has 0 N–H and O–H groups in total. The first kappa shape index (κ1) is 19.8. The smallest absolute Gasteiger partial charge is 0.253 e. The van der Waals surface area contributed by atoms with Crippen LogP contribution < -0.4 is 4.90 Å². The van der Waals surface area contributed by atoms with Gasteiger partial charge in [0.2, 0.25) is 5.91 Å². The topological polar surface area (TPSA) is 57.7 Å². The number of thiophene rings is 1. The Balaban J connectivity index is 1.77. The lowest BCUT2D eigenvalue weighted by Gasteiger charge is -2.37. The van der Waals surface area contributed by atoms with Crippen molar-refractivity contribution in [2.24, 2.45) is 0 Å². The SMILES string of the molecule is CCN(C(=O)C1Cc2ccccc2CN1S(=O)(=O)c1cccs1)c1ccccc1. The van der Waals surface area contributed by atoms with E-state index >= 15 is 0 Å². The average Bonchev–Trinajstić information content (AvgIpc) is 3.30. The van der Waals surface area contributed by atoms with Crippen molar-refractivity contribution in [3.8, 4) is 0 Å². The van der Waals surface area contributed by atoms with Crippen LogP contribution in [0.5, 0.6) is 0 Å². The van der Waals surface area contributed by atoms with Crippen LogP contribution in [0.4, 0.5) is 5.69 Å². The summed E-state index contributed by atoms with van der Waals surface area (Å²) in [6.45, 7) is 2.56. The fourth-order valence-corrected chi connectivity index (χ4v) is 6.42. The van der Waals surface area contributed by atoms with Gasteiger partial charge in [0.05, 0.1) is 0 Å². The van der Waals surface area contributed by atoms with Crippen molar-refractivity contribution in [2.75, 3.05) is 11.4 Å².